The molecule has 3 aromatic carbocycles. The van der Waals surface area contributed by atoms with Gasteiger partial charge in [0.15, 0.2) is 5.13 Å². The van der Waals surface area contributed by atoms with E-state index in [2.05, 4.69) is 4.98 Å². The molecule has 0 aliphatic carbocycles. The maximum absolute atomic E-state index is 13.5. The topological polar surface area (TPSA) is 148 Å². The summed E-state index contributed by atoms with van der Waals surface area (Å²) in [5, 5.41) is 22.6. The van der Waals surface area contributed by atoms with Crippen molar-refractivity contribution in [2.75, 3.05) is 4.90 Å². The number of thiazole rings is 1. The normalized spacial score (nSPS) is 16.9. The number of sulfone groups is 1. The Balaban J connectivity index is 1.63. The van der Waals surface area contributed by atoms with Crippen LogP contribution in [0, 0.1) is 10.1 Å². The molecule has 5 rings (SSSR count). The van der Waals surface area contributed by atoms with Crippen molar-refractivity contribution in [1.82, 2.24) is 4.98 Å². The van der Waals surface area contributed by atoms with Gasteiger partial charge in [-0.1, -0.05) is 68.0 Å². The molecular weight excluding hydrogens is 614 g/mol. The first kappa shape index (κ1) is 30.1. The van der Waals surface area contributed by atoms with E-state index in [1.165, 1.54) is 24.3 Å². The molecule has 1 unspecified atom stereocenters. The van der Waals surface area contributed by atoms with E-state index in [0.717, 1.165) is 40.9 Å². The number of hydrogen-bond acceptors (Lipinski definition) is 9. The molecule has 1 fully saturated rings. The van der Waals surface area contributed by atoms with Crippen molar-refractivity contribution in [2.45, 2.75) is 41.3 Å². The largest absolute Gasteiger partial charge is 0.507 e. The van der Waals surface area contributed by atoms with Crippen LogP contribution in [0.3, 0.4) is 0 Å². The summed E-state index contributed by atoms with van der Waals surface area (Å²) in [6.45, 7) is 6.12. The number of carbonyl (C=O) groups excluding carboxylic acids is 2. The Bertz CT molecular complexity index is 1890. The van der Waals surface area contributed by atoms with Crippen molar-refractivity contribution in [1.29, 1.82) is 0 Å². The highest BCUT2D eigenvalue weighted by molar-refractivity contribution is 7.93. The van der Waals surface area contributed by atoms with Crippen LogP contribution in [0.4, 0.5) is 10.8 Å². The van der Waals surface area contributed by atoms with Crippen LogP contribution in [0.15, 0.2) is 93.7 Å². The Kier molecular flexibility index (Phi) is 7.71. The van der Waals surface area contributed by atoms with Crippen molar-refractivity contribution in [2.24, 2.45) is 0 Å². The van der Waals surface area contributed by atoms with E-state index in [1.807, 2.05) is 32.9 Å². The molecule has 1 aliphatic heterocycles. The van der Waals surface area contributed by atoms with Gasteiger partial charge < -0.3 is 5.11 Å². The van der Waals surface area contributed by atoms with Gasteiger partial charge in [0.25, 0.3) is 11.5 Å². The number of aliphatic hydroxyl groups is 1. The number of Topliss-reactive ketones (excluding diaryl/α,β-unsaturated/α-hetero) is 1. The molecule has 10 nitrogen and oxygen atoms in total. The van der Waals surface area contributed by atoms with E-state index < -0.39 is 38.3 Å². The monoisotopic (exact) mass is 637 g/mol. The molecule has 1 aromatic heterocycles. The number of ketones is 1. The number of benzene rings is 3. The zero-order chi connectivity index (χ0) is 31.3. The van der Waals surface area contributed by atoms with Gasteiger partial charge in [-0.05, 0) is 52.9 Å². The van der Waals surface area contributed by atoms with Crippen LogP contribution in [0.2, 0.25) is 5.02 Å². The summed E-state index contributed by atoms with van der Waals surface area (Å²) >= 11 is 6.66. The third kappa shape index (κ3) is 5.56. The van der Waals surface area contributed by atoms with Crippen LogP contribution < -0.4 is 4.90 Å². The van der Waals surface area contributed by atoms with E-state index >= 15 is 0 Å². The first-order valence-corrected chi connectivity index (χ1v) is 15.5. The Morgan fingerprint density at radius 1 is 1.00 bits per heavy atom. The highest BCUT2D eigenvalue weighted by atomic mass is 35.5. The second-order valence-electron chi connectivity index (χ2n) is 10.8. The molecule has 220 valence electrons. The number of anilines is 1. The van der Waals surface area contributed by atoms with Gasteiger partial charge in [-0.15, -0.1) is 0 Å². The molecule has 0 radical (unpaired) electrons. The summed E-state index contributed by atoms with van der Waals surface area (Å²) in [6, 6.07) is 16.6. The molecule has 13 heteroatoms. The predicted octanol–water partition coefficient (Wildman–Crippen LogP) is 6.46. The molecule has 1 amide bonds. The average Bonchev–Trinajstić information content (AvgIpc) is 3.56. The van der Waals surface area contributed by atoms with Crippen molar-refractivity contribution in [3.8, 4) is 0 Å². The SMILES string of the molecule is CC(C)(C)c1ccc(C2/C(=C(\O)c3ccc(Cl)cc3)C(=O)C(=O)N2c2ncc(S(=O)(=O)c3ccc([N+](=O)[O-])cc3)s2)cc1. The van der Waals surface area contributed by atoms with Crippen LogP contribution in [0.1, 0.15) is 43.5 Å². The Morgan fingerprint density at radius 2 is 1.60 bits per heavy atom. The van der Waals surface area contributed by atoms with Crippen LogP contribution in [-0.4, -0.2) is 35.1 Å². The number of non-ortho nitro benzene ring substituents is 1. The number of halogens is 1. The van der Waals surface area contributed by atoms with Crippen molar-refractivity contribution >= 4 is 61.0 Å². The van der Waals surface area contributed by atoms with Crippen LogP contribution >= 0.6 is 22.9 Å². The summed E-state index contributed by atoms with van der Waals surface area (Å²) in [7, 11) is -4.17. The fraction of sp³-hybridized carbons (Fsp3) is 0.167. The van der Waals surface area contributed by atoms with Crippen molar-refractivity contribution < 1.29 is 28.0 Å². The maximum atomic E-state index is 13.5. The number of carbonyl (C=O) groups is 2. The van der Waals surface area contributed by atoms with E-state index in [1.54, 1.807) is 12.1 Å². The van der Waals surface area contributed by atoms with E-state index in [-0.39, 0.29) is 36.5 Å². The molecule has 0 saturated carbocycles. The molecule has 43 heavy (non-hydrogen) atoms. The molecule has 0 spiro atoms. The molecule has 0 bridgehead atoms. The van der Waals surface area contributed by atoms with Crippen LogP contribution in [-0.2, 0) is 24.8 Å². The average molecular weight is 638 g/mol. The Hall–Kier alpha value is -4.39. The molecular formula is C30H24ClN3O7S2. The minimum atomic E-state index is -4.17. The van der Waals surface area contributed by atoms with Gasteiger partial charge in [-0.25, -0.2) is 13.4 Å². The number of amides is 1. The standard InChI is InChI=1S/C30H24ClN3O7S2/c1-30(2,3)19-8-4-17(5-9-19)25-24(26(35)18-6-10-20(31)11-7-18)27(36)28(37)33(25)29-32-16-23(42-29)43(40,41)22-14-12-21(13-15-22)34(38)39/h4-16,25,35H,1-3H3/b26-24+. The first-order valence-electron chi connectivity index (χ1n) is 12.8. The van der Waals surface area contributed by atoms with E-state index in [4.69, 9.17) is 11.6 Å². The zero-order valence-electron chi connectivity index (χ0n) is 23.0. The number of nitro benzene ring substituents is 1. The third-order valence-corrected chi connectivity index (χ3v) is 10.4. The van der Waals surface area contributed by atoms with Crippen molar-refractivity contribution in [3.63, 3.8) is 0 Å². The van der Waals surface area contributed by atoms with Crippen LogP contribution in [0.5, 0.6) is 0 Å². The lowest BCUT2D eigenvalue weighted by Gasteiger charge is -2.24. The Morgan fingerprint density at radius 3 is 2.16 bits per heavy atom. The van der Waals surface area contributed by atoms with Gasteiger partial charge in [0.05, 0.1) is 27.6 Å². The first-order chi connectivity index (χ1) is 20.2. The number of aliphatic hydroxyl groups excluding tert-OH is 1. The highest BCUT2D eigenvalue weighted by Gasteiger charge is 2.48. The van der Waals surface area contributed by atoms with Gasteiger partial charge in [-0.3, -0.25) is 24.6 Å². The fourth-order valence-corrected chi connectivity index (χ4v) is 7.30. The second-order valence-corrected chi connectivity index (χ2v) is 14.4. The summed E-state index contributed by atoms with van der Waals surface area (Å²) < 4.78 is 26.4. The number of nitrogens with zero attached hydrogens (tertiary/aromatic N) is 3. The lowest BCUT2D eigenvalue weighted by molar-refractivity contribution is -0.384. The lowest BCUT2D eigenvalue weighted by Crippen LogP contribution is -2.29. The summed E-state index contributed by atoms with van der Waals surface area (Å²) in [4.78, 5) is 42.4. The van der Waals surface area contributed by atoms with Crippen molar-refractivity contribution in [3.05, 3.63) is 116 Å². The smallest absolute Gasteiger partial charge is 0.301 e. The highest BCUT2D eigenvalue weighted by Crippen LogP contribution is 2.44. The summed E-state index contributed by atoms with van der Waals surface area (Å²) in [6.07, 6.45) is 1.06. The Labute approximate surface area is 256 Å². The summed E-state index contributed by atoms with van der Waals surface area (Å²) in [5.74, 6) is -2.38. The molecule has 1 saturated heterocycles. The molecule has 4 aromatic rings. The number of nitro groups is 1. The van der Waals surface area contributed by atoms with Crippen LogP contribution in [0.25, 0.3) is 5.76 Å². The zero-order valence-corrected chi connectivity index (χ0v) is 25.4. The minimum Gasteiger partial charge on any atom is -0.507 e. The van der Waals surface area contributed by atoms with Gasteiger partial charge in [-0.2, -0.15) is 0 Å². The van der Waals surface area contributed by atoms with Gasteiger partial charge in [0.2, 0.25) is 9.84 Å². The molecule has 1 N–H and O–H groups in total. The van der Waals surface area contributed by atoms with Gasteiger partial charge in [0, 0.05) is 22.7 Å². The quantitative estimate of drug-likeness (QED) is 0.0832. The van der Waals surface area contributed by atoms with E-state index in [9.17, 15) is 33.2 Å². The minimum absolute atomic E-state index is 0.0809. The van der Waals surface area contributed by atoms with Gasteiger partial charge >= 0.3 is 5.91 Å². The fourth-order valence-electron chi connectivity index (χ4n) is 4.62. The number of aromatic nitrogens is 1. The predicted molar refractivity (Wildman–Crippen MR) is 162 cm³/mol. The summed E-state index contributed by atoms with van der Waals surface area (Å²) in [5.41, 5.74) is 1.12. The molecule has 2 heterocycles. The number of hydrogen-bond donors (Lipinski definition) is 1. The molecule has 1 atom stereocenters. The maximum Gasteiger partial charge on any atom is 0.301 e. The second kappa shape index (κ2) is 11.0. The number of rotatable bonds is 6. The van der Waals surface area contributed by atoms with Gasteiger partial charge in [0.1, 0.15) is 9.97 Å². The third-order valence-electron chi connectivity index (χ3n) is 6.96. The van der Waals surface area contributed by atoms with E-state index in [0.29, 0.717) is 21.9 Å². The lowest BCUT2D eigenvalue weighted by atomic mass is 9.85. The molecule has 1 aliphatic rings.